The molecule has 0 bridgehead atoms. The zero-order valence-corrected chi connectivity index (χ0v) is 18.1. The normalized spacial score (nSPS) is 17.0. The average Bonchev–Trinajstić information content (AvgIpc) is 3.47. The third kappa shape index (κ3) is 3.92. The Bertz CT molecular complexity index is 937. The van der Waals surface area contributed by atoms with Gasteiger partial charge < -0.3 is 23.4 Å². The third-order valence-electron chi connectivity index (χ3n) is 5.82. The topological polar surface area (TPSA) is 91.0 Å². The molecule has 2 unspecified atom stereocenters. The Hall–Kier alpha value is -2.87. The summed E-state index contributed by atoms with van der Waals surface area (Å²) in [5, 5.41) is 0. The fraction of sp³-hybridized carbons (Fsp3) is 0.500. The standard InChI is InChI=1S/C22H28N2O6/c1-13-18(14(2)23(4)19(13)22(27)28-5)20(25)15(3)24(12-16-8-6-10-29-16)21(26)17-9-7-11-30-17/h7,9,11,15-16H,6,8,10,12H2,1-5H3. The van der Waals surface area contributed by atoms with E-state index in [1.807, 2.05) is 0 Å². The first kappa shape index (κ1) is 21.8. The van der Waals surface area contributed by atoms with Gasteiger partial charge in [-0.2, -0.15) is 0 Å². The van der Waals surface area contributed by atoms with Crippen LogP contribution >= 0.6 is 0 Å². The fourth-order valence-electron chi connectivity index (χ4n) is 4.04. The SMILES string of the molecule is COC(=O)c1c(C)c(C(=O)C(C)N(CC2CCCO2)C(=O)c2ccco2)c(C)n1C. The Morgan fingerprint density at radius 1 is 1.33 bits per heavy atom. The monoisotopic (exact) mass is 416 g/mol. The maximum atomic E-state index is 13.5. The molecule has 8 nitrogen and oxygen atoms in total. The predicted octanol–water partition coefficient (Wildman–Crippen LogP) is 2.91. The van der Waals surface area contributed by atoms with Crippen molar-refractivity contribution in [3.8, 4) is 0 Å². The molecule has 162 valence electrons. The molecule has 1 fully saturated rings. The van der Waals surface area contributed by atoms with E-state index in [1.165, 1.54) is 18.3 Å². The summed E-state index contributed by atoms with van der Waals surface area (Å²) in [6, 6.07) is 2.45. The minimum Gasteiger partial charge on any atom is -0.464 e. The number of nitrogens with zero attached hydrogens (tertiary/aromatic N) is 2. The van der Waals surface area contributed by atoms with E-state index in [4.69, 9.17) is 13.9 Å². The van der Waals surface area contributed by atoms with Crippen LogP contribution in [0.2, 0.25) is 0 Å². The lowest BCUT2D eigenvalue weighted by Gasteiger charge is -2.30. The quantitative estimate of drug-likeness (QED) is 0.509. The molecule has 3 heterocycles. The van der Waals surface area contributed by atoms with Crippen molar-refractivity contribution in [1.82, 2.24) is 9.47 Å². The lowest BCUT2D eigenvalue weighted by atomic mass is 9.99. The highest BCUT2D eigenvalue weighted by molar-refractivity contribution is 6.07. The number of ketones is 1. The zero-order chi connectivity index (χ0) is 22.0. The lowest BCUT2D eigenvalue weighted by Crippen LogP contribution is -2.47. The molecule has 2 atom stereocenters. The highest BCUT2D eigenvalue weighted by Crippen LogP contribution is 2.26. The summed E-state index contributed by atoms with van der Waals surface area (Å²) in [6.45, 7) is 6.13. The molecule has 1 saturated heterocycles. The Labute approximate surface area is 175 Å². The second-order valence-corrected chi connectivity index (χ2v) is 7.59. The molecule has 0 saturated carbocycles. The van der Waals surface area contributed by atoms with Crippen LogP contribution in [0, 0.1) is 13.8 Å². The minimum atomic E-state index is -0.767. The van der Waals surface area contributed by atoms with Crippen LogP contribution < -0.4 is 0 Å². The maximum Gasteiger partial charge on any atom is 0.354 e. The highest BCUT2D eigenvalue weighted by Gasteiger charge is 2.35. The molecule has 1 aliphatic heterocycles. The number of Topliss-reactive ketones (excluding diaryl/α,β-unsaturated/α-hetero) is 1. The van der Waals surface area contributed by atoms with Gasteiger partial charge in [-0.3, -0.25) is 9.59 Å². The number of amides is 1. The number of aromatic nitrogens is 1. The number of esters is 1. The number of hydrogen-bond donors (Lipinski definition) is 0. The van der Waals surface area contributed by atoms with Crippen molar-refractivity contribution in [3.05, 3.63) is 46.7 Å². The number of rotatable bonds is 7. The molecule has 30 heavy (non-hydrogen) atoms. The second kappa shape index (κ2) is 8.87. The van der Waals surface area contributed by atoms with Crippen LogP contribution in [0.25, 0.3) is 0 Å². The van der Waals surface area contributed by atoms with E-state index in [1.54, 1.807) is 44.5 Å². The first-order chi connectivity index (χ1) is 14.3. The molecule has 8 heteroatoms. The van der Waals surface area contributed by atoms with Crippen molar-refractivity contribution in [2.24, 2.45) is 7.05 Å². The maximum absolute atomic E-state index is 13.5. The van der Waals surface area contributed by atoms with Crippen LogP contribution in [0.15, 0.2) is 22.8 Å². The van der Waals surface area contributed by atoms with Crippen molar-refractivity contribution < 1.29 is 28.3 Å². The number of carbonyl (C=O) groups excluding carboxylic acids is 3. The molecule has 0 N–H and O–H groups in total. The molecule has 1 aliphatic rings. The molecule has 0 radical (unpaired) electrons. The van der Waals surface area contributed by atoms with Crippen LogP contribution in [0.5, 0.6) is 0 Å². The molecule has 0 spiro atoms. The minimum absolute atomic E-state index is 0.122. The second-order valence-electron chi connectivity index (χ2n) is 7.59. The molecule has 0 aromatic carbocycles. The van der Waals surface area contributed by atoms with E-state index in [0.717, 1.165) is 12.8 Å². The number of carbonyl (C=O) groups is 3. The third-order valence-corrected chi connectivity index (χ3v) is 5.82. The number of ether oxygens (including phenoxy) is 2. The summed E-state index contributed by atoms with van der Waals surface area (Å²) in [5.41, 5.74) is 1.94. The summed E-state index contributed by atoms with van der Waals surface area (Å²) >= 11 is 0. The van der Waals surface area contributed by atoms with Gasteiger partial charge in [-0.15, -0.1) is 0 Å². The summed E-state index contributed by atoms with van der Waals surface area (Å²) in [4.78, 5) is 40.3. The van der Waals surface area contributed by atoms with E-state index in [2.05, 4.69) is 0 Å². The van der Waals surface area contributed by atoms with Crippen LogP contribution in [0.3, 0.4) is 0 Å². The van der Waals surface area contributed by atoms with Crippen LogP contribution in [0.1, 0.15) is 62.4 Å². The van der Waals surface area contributed by atoms with Gasteiger partial charge in [0.2, 0.25) is 0 Å². The van der Waals surface area contributed by atoms with Gasteiger partial charge in [-0.05, 0) is 51.3 Å². The van der Waals surface area contributed by atoms with E-state index in [0.29, 0.717) is 35.7 Å². The summed E-state index contributed by atoms with van der Waals surface area (Å²) in [6.07, 6.45) is 3.06. The Balaban J connectivity index is 1.96. The number of methoxy groups -OCH3 is 1. The molecular weight excluding hydrogens is 388 g/mol. The first-order valence-corrected chi connectivity index (χ1v) is 10.0. The van der Waals surface area contributed by atoms with Gasteiger partial charge in [-0.25, -0.2) is 4.79 Å². The van der Waals surface area contributed by atoms with Crippen LogP contribution in [0.4, 0.5) is 0 Å². The Morgan fingerprint density at radius 2 is 2.07 bits per heavy atom. The smallest absolute Gasteiger partial charge is 0.354 e. The lowest BCUT2D eigenvalue weighted by molar-refractivity contribution is 0.0390. The van der Waals surface area contributed by atoms with Gasteiger partial charge in [0.25, 0.3) is 5.91 Å². The van der Waals surface area contributed by atoms with Crippen LogP contribution in [-0.2, 0) is 16.5 Å². The van der Waals surface area contributed by atoms with Crippen molar-refractivity contribution in [2.45, 2.75) is 45.8 Å². The Kier molecular flexibility index (Phi) is 6.45. The molecule has 2 aromatic rings. The van der Waals surface area contributed by atoms with Gasteiger partial charge in [-0.1, -0.05) is 0 Å². The van der Waals surface area contributed by atoms with E-state index >= 15 is 0 Å². The van der Waals surface area contributed by atoms with Crippen molar-refractivity contribution in [3.63, 3.8) is 0 Å². The van der Waals surface area contributed by atoms with Crippen LogP contribution in [-0.4, -0.2) is 59.5 Å². The summed E-state index contributed by atoms with van der Waals surface area (Å²) in [7, 11) is 3.02. The van der Waals surface area contributed by atoms with Gasteiger partial charge in [0, 0.05) is 31.5 Å². The van der Waals surface area contributed by atoms with Crippen molar-refractivity contribution in [2.75, 3.05) is 20.3 Å². The molecule has 2 aromatic heterocycles. The molecule has 1 amide bonds. The van der Waals surface area contributed by atoms with Gasteiger partial charge >= 0.3 is 5.97 Å². The summed E-state index contributed by atoms with van der Waals surface area (Å²) < 4.78 is 17.5. The number of furan rings is 1. The van der Waals surface area contributed by atoms with Crippen molar-refractivity contribution >= 4 is 17.7 Å². The van der Waals surface area contributed by atoms with Crippen molar-refractivity contribution in [1.29, 1.82) is 0 Å². The highest BCUT2D eigenvalue weighted by atomic mass is 16.5. The average molecular weight is 416 g/mol. The molecular formula is C22H28N2O6. The van der Waals surface area contributed by atoms with Gasteiger partial charge in [0.1, 0.15) is 5.69 Å². The van der Waals surface area contributed by atoms with E-state index in [-0.39, 0.29) is 23.6 Å². The van der Waals surface area contributed by atoms with Gasteiger partial charge in [0.05, 0.1) is 25.5 Å². The molecule has 0 aliphatic carbocycles. The predicted molar refractivity (Wildman–Crippen MR) is 109 cm³/mol. The zero-order valence-electron chi connectivity index (χ0n) is 18.1. The molecule has 3 rings (SSSR count). The first-order valence-electron chi connectivity index (χ1n) is 10.0. The number of hydrogen-bond acceptors (Lipinski definition) is 6. The van der Waals surface area contributed by atoms with E-state index in [9.17, 15) is 14.4 Å². The fourth-order valence-corrected chi connectivity index (χ4v) is 4.04. The Morgan fingerprint density at radius 3 is 2.63 bits per heavy atom. The van der Waals surface area contributed by atoms with E-state index < -0.39 is 12.0 Å². The van der Waals surface area contributed by atoms with Gasteiger partial charge in [0.15, 0.2) is 11.5 Å². The largest absolute Gasteiger partial charge is 0.464 e. The summed E-state index contributed by atoms with van der Waals surface area (Å²) in [5.74, 6) is -0.943.